The van der Waals surface area contributed by atoms with Crippen molar-refractivity contribution >= 4 is 11.6 Å². The first-order valence-electron chi connectivity index (χ1n) is 6.48. The Hall–Kier alpha value is -1.42. The van der Waals surface area contributed by atoms with Crippen LogP contribution < -0.4 is 11.3 Å². The Labute approximate surface area is 123 Å². The normalized spacial score (nSPS) is 12.4. The molecule has 20 heavy (non-hydrogen) atoms. The third-order valence-corrected chi connectivity index (χ3v) is 3.64. The van der Waals surface area contributed by atoms with E-state index >= 15 is 0 Å². The maximum Gasteiger partial charge on any atom is 0.128 e. The fourth-order valence-electron chi connectivity index (χ4n) is 2.47. The predicted octanol–water partition coefficient (Wildman–Crippen LogP) is 3.84. The molecule has 0 amide bonds. The second-order valence-corrected chi connectivity index (χ2v) is 5.46. The van der Waals surface area contributed by atoms with E-state index in [0.29, 0.717) is 17.0 Å². The summed E-state index contributed by atoms with van der Waals surface area (Å²) in [5, 5.41) is 0.684. The molecule has 0 spiro atoms. The summed E-state index contributed by atoms with van der Waals surface area (Å²) in [5.41, 5.74) is 6.19. The fraction of sp³-hybridized carbons (Fsp3) is 0.250. The Kier molecular flexibility index (Phi) is 4.76. The van der Waals surface area contributed by atoms with E-state index in [2.05, 4.69) is 5.43 Å². The lowest BCUT2D eigenvalue weighted by Gasteiger charge is -2.20. The van der Waals surface area contributed by atoms with Crippen molar-refractivity contribution in [2.45, 2.75) is 26.3 Å². The van der Waals surface area contributed by atoms with Gasteiger partial charge < -0.3 is 0 Å². The quantitative estimate of drug-likeness (QED) is 0.664. The van der Waals surface area contributed by atoms with E-state index in [1.54, 1.807) is 0 Å². The Morgan fingerprint density at radius 3 is 2.40 bits per heavy atom. The molecule has 0 saturated carbocycles. The molecule has 0 aliphatic carbocycles. The van der Waals surface area contributed by atoms with Crippen molar-refractivity contribution in [3.63, 3.8) is 0 Å². The van der Waals surface area contributed by atoms with Gasteiger partial charge in [0.1, 0.15) is 5.82 Å². The minimum atomic E-state index is -0.267. The fourth-order valence-corrected chi connectivity index (χ4v) is 2.59. The van der Waals surface area contributed by atoms with Gasteiger partial charge in [0.2, 0.25) is 0 Å². The number of hydrogen-bond acceptors (Lipinski definition) is 2. The van der Waals surface area contributed by atoms with E-state index in [1.165, 1.54) is 6.07 Å². The van der Waals surface area contributed by atoms with Gasteiger partial charge in [-0.2, -0.15) is 0 Å². The number of hydrogen-bond donors (Lipinski definition) is 2. The highest BCUT2D eigenvalue weighted by atomic mass is 35.5. The average Bonchev–Trinajstić information content (AvgIpc) is 2.38. The van der Waals surface area contributed by atoms with Gasteiger partial charge >= 0.3 is 0 Å². The zero-order chi connectivity index (χ0) is 14.7. The molecular formula is C16H18ClFN2. The molecule has 0 radical (unpaired) electrons. The molecule has 106 valence electrons. The van der Waals surface area contributed by atoms with Crippen LogP contribution in [0.4, 0.5) is 4.39 Å². The van der Waals surface area contributed by atoms with Crippen LogP contribution >= 0.6 is 11.6 Å². The van der Waals surface area contributed by atoms with Gasteiger partial charge in [-0.3, -0.25) is 11.3 Å². The molecule has 4 heteroatoms. The molecule has 3 N–H and O–H groups in total. The maximum atomic E-state index is 14.2. The summed E-state index contributed by atoms with van der Waals surface area (Å²) >= 11 is 5.87. The number of nitrogens with one attached hydrogen (secondary N) is 1. The third kappa shape index (κ3) is 3.37. The molecule has 0 fully saturated rings. The van der Waals surface area contributed by atoms with E-state index in [0.717, 1.165) is 16.7 Å². The molecule has 2 aromatic carbocycles. The van der Waals surface area contributed by atoms with Gasteiger partial charge in [-0.25, -0.2) is 4.39 Å². The highest BCUT2D eigenvalue weighted by Gasteiger charge is 2.18. The second kappa shape index (κ2) is 6.35. The van der Waals surface area contributed by atoms with Gasteiger partial charge in [-0.05, 0) is 55.2 Å². The van der Waals surface area contributed by atoms with Gasteiger partial charge in [0.25, 0.3) is 0 Å². The standard InChI is InChI=1S/C16H18ClFN2/c1-10-7-11(2)16(14(18)8-10)15(20-19)9-12-3-5-13(17)6-4-12/h3-8,15,20H,9,19H2,1-2H3. The zero-order valence-corrected chi connectivity index (χ0v) is 12.3. The molecule has 2 rings (SSSR count). The Morgan fingerprint density at radius 2 is 1.85 bits per heavy atom. The maximum absolute atomic E-state index is 14.2. The smallest absolute Gasteiger partial charge is 0.128 e. The number of hydrazine groups is 1. The lowest BCUT2D eigenvalue weighted by atomic mass is 9.94. The average molecular weight is 293 g/mol. The first-order chi connectivity index (χ1) is 9.51. The van der Waals surface area contributed by atoms with Crippen molar-refractivity contribution in [1.82, 2.24) is 5.43 Å². The molecule has 0 bridgehead atoms. The number of aryl methyl sites for hydroxylation is 2. The van der Waals surface area contributed by atoms with E-state index in [9.17, 15) is 4.39 Å². The van der Waals surface area contributed by atoms with Gasteiger partial charge in [0, 0.05) is 10.6 Å². The number of nitrogens with two attached hydrogens (primary N) is 1. The summed E-state index contributed by atoms with van der Waals surface area (Å²) < 4.78 is 14.2. The van der Waals surface area contributed by atoms with Crippen LogP contribution in [0.25, 0.3) is 0 Å². The molecule has 0 heterocycles. The highest BCUT2D eigenvalue weighted by Crippen LogP contribution is 2.25. The second-order valence-electron chi connectivity index (χ2n) is 5.03. The van der Waals surface area contributed by atoms with Gasteiger partial charge in [-0.1, -0.05) is 29.8 Å². The van der Waals surface area contributed by atoms with Crippen molar-refractivity contribution in [2.75, 3.05) is 0 Å². The molecule has 0 saturated heterocycles. The minimum Gasteiger partial charge on any atom is -0.271 e. The summed E-state index contributed by atoms with van der Waals surface area (Å²) in [4.78, 5) is 0. The molecule has 2 aromatic rings. The highest BCUT2D eigenvalue weighted by molar-refractivity contribution is 6.30. The SMILES string of the molecule is Cc1cc(C)c(C(Cc2ccc(Cl)cc2)NN)c(F)c1. The Morgan fingerprint density at radius 1 is 1.20 bits per heavy atom. The molecule has 1 unspecified atom stereocenters. The lowest BCUT2D eigenvalue weighted by Crippen LogP contribution is -2.31. The van der Waals surface area contributed by atoms with Crippen LogP contribution in [-0.2, 0) is 6.42 Å². The summed E-state index contributed by atoms with van der Waals surface area (Å²) in [6.45, 7) is 3.78. The van der Waals surface area contributed by atoms with Crippen LogP contribution in [0.5, 0.6) is 0 Å². The van der Waals surface area contributed by atoms with Gasteiger partial charge in [-0.15, -0.1) is 0 Å². The van der Waals surface area contributed by atoms with Crippen molar-refractivity contribution in [3.05, 3.63) is 69.5 Å². The Bertz CT molecular complexity index is 573. The van der Waals surface area contributed by atoms with E-state index in [-0.39, 0.29) is 11.9 Å². The summed E-state index contributed by atoms with van der Waals surface area (Å²) in [6, 6.07) is 10.7. The first kappa shape index (κ1) is 15.0. The molecule has 2 nitrogen and oxygen atoms in total. The van der Waals surface area contributed by atoms with Crippen LogP contribution in [0, 0.1) is 19.7 Å². The lowest BCUT2D eigenvalue weighted by molar-refractivity contribution is 0.507. The van der Waals surface area contributed by atoms with Crippen LogP contribution in [0.3, 0.4) is 0 Å². The third-order valence-electron chi connectivity index (χ3n) is 3.38. The van der Waals surface area contributed by atoms with E-state index < -0.39 is 0 Å². The van der Waals surface area contributed by atoms with Crippen LogP contribution in [0.2, 0.25) is 5.02 Å². The van der Waals surface area contributed by atoms with Crippen LogP contribution in [-0.4, -0.2) is 0 Å². The minimum absolute atomic E-state index is 0.223. The van der Waals surface area contributed by atoms with Crippen molar-refractivity contribution in [2.24, 2.45) is 5.84 Å². The predicted molar refractivity (Wildman–Crippen MR) is 81.1 cm³/mol. The molecule has 0 aliphatic heterocycles. The zero-order valence-electron chi connectivity index (χ0n) is 11.6. The first-order valence-corrected chi connectivity index (χ1v) is 6.86. The van der Waals surface area contributed by atoms with E-state index in [1.807, 2.05) is 44.2 Å². The summed E-state index contributed by atoms with van der Waals surface area (Å²) in [5.74, 6) is 5.39. The molecule has 0 aliphatic rings. The van der Waals surface area contributed by atoms with Gasteiger partial charge in [0.05, 0.1) is 6.04 Å². The van der Waals surface area contributed by atoms with E-state index in [4.69, 9.17) is 17.4 Å². The topological polar surface area (TPSA) is 38.0 Å². The van der Waals surface area contributed by atoms with Crippen LogP contribution in [0.1, 0.15) is 28.3 Å². The summed E-state index contributed by atoms with van der Waals surface area (Å²) in [6.07, 6.45) is 0.606. The molecular weight excluding hydrogens is 275 g/mol. The van der Waals surface area contributed by atoms with Gasteiger partial charge in [0.15, 0.2) is 0 Å². The number of rotatable bonds is 4. The molecule has 1 atom stereocenters. The summed E-state index contributed by atoms with van der Waals surface area (Å²) in [7, 11) is 0. The van der Waals surface area contributed by atoms with Crippen molar-refractivity contribution < 1.29 is 4.39 Å². The Balaban J connectivity index is 2.31. The monoisotopic (exact) mass is 292 g/mol. The van der Waals surface area contributed by atoms with Crippen molar-refractivity contribution in [1.29, 1.82) is 0 Å². The number of benzene rings is 2. The van der Waals surface area contributed by atoms with Crippen molar-refractivity contribution in [3.8, 4) is 0 Å². The largest absolute Gasteiger partial charge is 0.271 e. The number of halogens is 2. The molecule has 0 aromatic heterocycles. The van der Waals surface area contributed by atoms with Crippen LogP contribution in [0.15, 0.2) is 36.4 Å².